The highest BCUT2D eigenvalue weighted by Gasteiger charge is 2.16. The lowest BCUT2D eigenvalue weighted by molar-refractivity contribution is -0.117. The minimum atomic E-state index is -0.182. The summed E-state index contributed by atoms with van der Waals surface area (Å²) in [7, 11) is 0. The van der Waals surface area contributed by atoms with Gasteiger partial charge in [-0.05, 0) is 50.1 Å². The van der Waals surface area contributed by atoms with Crippen LogP contribution in [0, 0.1) is 20.8 Å². The smallest absolute Gasteiger partial charge is 0.226 e. The van der Waals surface area contributed by atoms with Crippen molar-refractivity contribution in [3.8, 4) is 0 Å². The zero-order chi connectivity index (χ0) is 19.4. The second-order valence-corrected chi connectivity index (χ2v) is 7.24. The number of benzene rings is 2. The van der Waals surface area contributed by atoms with Crippen LogP contribution in [-0.2, 0) is 9.59 Å². The number of anilines is 2. The lowest BCUT2D eigenvalue weighted by atomic mass is 10.0. The summed E-state index contributed by atoms with van der Waals surface area (Å²) in [5, 5.41) is 3.82. The number of carbonyl (C=O) groups excluding carboxylic acids is 2. The third-order valence-corrected chi connectivity index (χ3v) is 4.48. The standard InChI is InChI=1S/C20H22Cl2N2O2/c1-12-7-13(2)20(14(3)8-12)23-19(26)5-6-24(15(4)25)18-10-16(21)9-17(22)11-18/h7-11H,5-6H2,1-4H3,(H,23,26). The summed E-state index contributed by atoms with van der Waals surface area (Å²) in [6.07, 6.45) is 0.163. The van der Waals surface area contributed by atoms with E-state index in [1.165, 1.54) is 11.8 Å². The van der Waals surface area contributed by atoms with Crippen molar-refractivity contribution in [1.82, 2.24) is 0 Å². The fourth-order valence-corrected chi connectivity index (χ4v) is 3.47. The highest BCUT2D eigenvalue weighted by atomic mass is 35.5. The Morgan fingerprint density at radius 2 is 1.50 bits per heavy atom. The average molecular weight is 393 g/mol. The number of hydrogen-bond acceptors (Lipinski definition) is 2. The zero-order valence-corrected chi connectivity index (χ0v) is 16.8. The van der Waals surface area contributed by atoms with Crippen LogP contribution in [-0.4, -0.2) is 18.4 Å². The topological polar surface area (TPSA) is 49.4 Å². The number of hydrogen-bond donors (Lipinski definition) is 1. The molecule has 0 fully saturated rings. The van der Waals surface area contributed by atoms with Crippen LogP contribution in [0.4, 0.5) is 11.4 Å². The molecule has 0 aliphatic rings. The first-order valence-electron chi connectivity index (χ1n) is 8.29. The fourth-order valence-electron chi connectivity index (χ4n) is 2.96. The van der Waals surface area contributed by atoms with Gasteiger partial charge in [-0.25, -0.2) is 0 Å². The van der Waals surface area contributed by atoms with Crippen molar-refractivity contribution in [3.63, 3.8) is 0 Å². The molecule has 0 saturated heterocycles. The Bertz CT molecular complexity index is 806. The minimum Gasteiger partial charge on any atom is -0.326 e. The van der Waals surface area contributed by atoms with Crippen molar-refractivity contribution in [3.05, 3.63) is 57.1 Å². The molecule has 2 amide bonds. The van der Waals surface area contributed by atoms with Gasteiger partial charge in [0.1, 0.15) is 0 Å². The van der Waals surface area contributed by atoms with E-state index in [9.17, 15) is 9.59 Å². The first-order chi connectivity index (χ1) is 12.2. The highest BCUT2D eigenvalue weighted by molar-refractivity contribution is 6.35. The second kappa shape index (κ2) is 8.56. The largest absolute Gasteiger partial charge is 0.326 e. The fraction of sp³-hybridized carbons (Fsp3) is 0.300. The van der Waals surface area contributed by atoms with Crippen molar-refractivity contribution >= 4 is 46.4 Å². The number of nitrogens with one attached hydrogen (secondary N) is 1. The lowest BCUT2D eigenvalue weighted by Gasteiger charge is -2.22. The normalized spacial score (nSPS) is 10.5. The predicted molar refractivity (Wildman–Crippen MR) is 108 cm³/mol. The molecule has 2 rings (SSSR count). The van der Waals surface area contributed by atoms with Crippen molar-refractivity contribution < 1.29 is 9.59 Å². The van der Waals surface area contributed by atoms with Gasteiger partial charge in [0.25, 0.3) is 0 Å². The van der Waals surface area contributed by atoms with Gasteiger partial charge in [-0.3, -0.25) is 9.59 Å². The molecule has 0 aromatic heterocycles. The summed E-state index contributed by atoms with van der Waals surface area (Å²) in [6, 6.07) is 8.96. The van der Waals surface area contributed by atoms with Gasteiger partial charge in [0, 0.05) is 41.3 Å². The number of amides is 2. The van der Waals surface area contributed by atoms with Gasteiger partial charge in [-0.2, -0.15) is 0 Å². The Morgan fingerprint density at radius 1 is 0.962 bits per heavy atom. The maximum absolute atomic E-state index is 12.4. The lowest BCUT2D eigenvalue weighted by Crippen LogP contribution is -2.32. The van der Waals surface area contributed by atoms with Crippen LogP contribution in [0.5, 0.6) is 0 Å². The Morgan fingerprint density at radius 3 is 2.00 bits per heavy atom. The summed E-state index contributed by atoms with van der Waals surface area (Å²) in [5.74, 6) is -0.335. The van der Waals surface area contributed by atoms with E-state index in [0.29, 0.717) is 15.7 Å². The van der Waals surface area contributed by atoms with Gasteiger partial charge in [0.15, 0.2) is 0 Å². The van der Waals surface area contributed by atoms with Crippen LogP contribution in [0.2, 0.25) is 10.0 Å². The van der Waals surface area contributed by atoms with Crippen LogP contribution in [0.25, 0.3) is 0 Å². The summed E-state index contributed by atoms with van der Waals surface area (Å²) in [5.41, 5.74) is 4.58. The molecular formula is C20H22Cl2N2O2. The molecule has 0 spiro atoms. The van der Waals surface area contributed by atoms with Crippen molar-refractivity contribution in [2.75, 3.05) is 16.8 Å². The van der Waals surface area contributed by atoms with Crippen molar-refractivity contribution in [1.29, 1.82) is 0 Å². The predicted octanol–water partition coefficient (Wildman–Crippen LogP) is 5.30. The van der Waals surface area contributed by atoms with E-state index in [0.717, 1.165) is 22.4 Å². The third-order valence-electron chi connectivity index (χ3n) is 4.04. The van der Waals surface area contributed by atoms with Gasteiger partial charge in [-0.15, -0.1) is 0 Å². The van der Waals surface area contributed by atoms with Crippen LogP contribution in [0.1, 0.15) is 30.0 Å². The molecule has 0 aliphatic carbocycles. The molecule has 6 heteroatoms. The van der Waals surface area contributed by atoms with Gasteiger partial charge in [-0.1, -0.05) is 40.9 Å². The van der Waals surface area contributed by atoms with E-state index in [2.05, 4.69) is 5.32 Å². The second-order valence-electron chi connectivity index (χ2n) is 6.37. The number of halogens is 2. The first-order valence-corrected chi connectivity index (χ1v) is 9.05. The van der Waals surface area contributed by atoms with Gasteiger partial charge in [0.2, 0.25) is 11.8 Å². The molecule has 0 heterocycles. The number of carbonyl (C=O) groups is 2. The van der Waals surface area contributed by atoms with Gasteiger partial charge in [0.05, 0.1) is 0 Å². The molecule has 0 saturated carbocycles. The van der Waals surface area contributed by atoms with E-state index in [1.807, 2.05) is 32.9 Å². The molecular weight excluding hydrogens is 371 g/mol. The Balaban J connectivity index is 2.10. The number of aryl methyl sites for hydroxylation is 3. The van der Waals surface area contributed by atoms with E-state index < -0.39 is 0 Å². The van der Waals surface area contributed by atoms with Crippen molar-refractivity contribution in [2.24, 2.45) is 0 Å². The average Bonchev–Trinajstić information content (AvgIpc) is 2.49. The van der Waals surface area contributed by atoms with E-state index >= 15 is 0 Å². The third kappa shape index (κ3) is 5.23. The highest BCUT2D eigenvalue weighted by Crippen LogP contribution is 2.26. The summed E-state index contributed by atoms with van der Waals surface area (Å²) >= 11 is 12.0. The molecule has 1 N–H and O–H groups in total. The molecule has 26 heavy (non-hydrogen) atoms. The summed E-state index contributed by atoms with van der Waals surface area (Å²) < 4.78 is 0. The molecule has 4 nitrogen and oxygen atoms in total. The number of nitrogens with zero attached hydrogens (tertiary/aromatic N) is 1. The maximum Gasteiger partial charge on any atom is 0.226 e. The van der Waals surface area contributed by atoms with E-state index in [4.69, 9.17) is 23.2 Å². The molecule has 0 radical (unpaired) electrons. The Labute approximate surface area is 164 Å². The van der Waals surface area contributed by atoms with Crippen LogP contribution in [0.3, 0.4) is 0 Å². The van der Waals surface area contributed by atoms with Gasteiger partial charge >= 0.3 is 0 Å². The SMILES string of the molecule is CC(=O)N(CCC(=O)Nc1c(C)cc(C)cc1C)c1cc(Cl)cc(Cl)c1. The monoisotopic (exact) mass is 392 g/mol. The molecule has 0 unspecified atom stereocenters. The first kappa shape index (κ1) is 20.3. The van der Waals surface area contributed by atoms with Crippen LogP contribution >= 0.6 is 23.2 Å². The van der Waals surface area contributed by atoms with Crippen molar-refractivity contribution in [2.45, 2.75) is 34.1 Å². The van der Waals surface area contributed by atoms with Crippen LogP contribution in [0.15, 0.2) is 30.3 Å². The minimum absolute atomic E-state index is 0.153. The van der Waals surface area contributed by atoms with Crippen LogP contribution < -0.4 is 10.2 Å². The molecule has 0 atom stereocenters. The van der Waals surface area contributed by atoms with E-state index in [1.54, 1.807) is 18.2 Å². The quantitative estimate of drug-likeness (QED) is 0.749. The Kier molecular flexibility index (Phi) is 6.68. The van der Waals surface area contributed by atoms with E-state index in [-0.39, 0.29) is 24.8 Å². The summed E-state index contributed by atoms with van der Waals surface area (Å²) in [6.45, 7) is 7.63. The van der Waals surface area contributed by atoms with Gasteiger partial charge < -0.3 is 10.2 Å². The molecule has 138 valence electrons. The maximum atomic E-state index is 12.4. The molecule has 2 aromatic carbocycles. The summed E-state index contributed by atoms with van der Waals surface area (Å²) in [4.78, 5) is 25.9. The molecule has 0 bridgehead atoms. The Hall–Kier alpha value is -2.04. The number of rotatable bonds is 5. The zero-order valence-electron chi connectivity index (χ0n) is 15.3. The molecule has 2 aromatic rings. The molecule has 0 aliphatic heterocycles.